The molecule has 0 bridgehead atoms. The number of nitrogens with one attached hydrogen (secondary N) is 1. The zero-order valence-electron chi connectivity index (χ0n) is 14.8. The van der Waals surface area contributed by atoms with Crippen LogP contribution in [0.1, 0.15) is 5.56 Å². The highest BCUT2D eigenvalue weighted by atomic mass is 79.9. The Hall–Kier alpha value is -3.04. The summed E-state index contributed by atoms with van der Waals surface area (Å²) >= 11 is 3.37. The van der Waals surface area contributed by atoms with Crippen molar-refractivity contribution in [3.8, 4) is 0 Å². The summed E-state index contributed by atoms with van der Waals surface area (Å²) in [5, 5.41) is 13.9. The Morgan fingerprint density at radius 2 is 1.86 bits per heavy atom. The van der Waals surface area contributed by atoms with Gasteiger partial charge in [0.2, 0.25) is 0 Å². The first-order chi connectivity index (χ1) is 13.4. The summed E-state index contributed by atoms with van der Waals surface area (Å²) in [6.45, 7) is 0.309. The molecule has 2 aromatic carbocycles. The third kappa shape index (κ3) is 3.95. The second-order valence-electron chi connectivity index (χ2n) is 5.94. The number of rotatable bonds is 7. The second-order valence-corrected chi connectivity index (χ2v) is 6.86. The predicted octanol–water partition coefficient (Wildman–Crippen LogP) is 3.20. The second kappa shape index (κ2) is 8.32. The molecule has 3 rings (SSSR count). The van der Waals surface area contributed by atoms with Gasteiger partial charge in [0.1, 0.15) is 5.70 Å². The topological polar surface area (TPSA) is 102 Å². The van der Waals surface area contributed by atoms with E-state index in [1.54, 1.807) is 18.2 Å². The van der Waals surface area contributed by atoms with E-state index in [4.69, 9.17) is 4.74 Å². The highest BCUT2D eigenvalue weighted by molar-refractivity contribution is 9.10. The number of halogens is 1. The SMILES string of the molecule is COCCN1C(=O)C(Nc2cccc(Br)c2)=C(c2ccc([N+](=O)[O-])cc2)C1=O. The molecule has 2 amide bonds. The van der Waals surface area contributed by atoms with Crippen LogP contribution in [0.3, 0.4) is 0 Å². The van der Waals surface area contributed by atoms with Crippen molar-refractivity contribution in [2.75, 3.05) is 25.6 Å². The minimum absolute atomic E-state index is 0.0983. The Labute approximate surface area is 169 Å². The standard InChI is InChI=1S/C19H16BrN3O5/c1-28-10-9-22-18(24)16(12-5-7-15(8-6-12)23(26)27)17(19(22)25)21-14-4-2-3-13(20)11-14/h2-8,11,21H,9-10H2,1H3. The van der Waals surface area contributed by atoms with Crippen LogP contribution in [0.4, 0.5) is 11.4 Å². The molecule has 0 saturated heterocycles. The molecule has 0 unspecified atom stereocenters. The molecular weight excluding hydrogens is 430 g/mol. The quantitative estimate of drug-likeness (QED) is 0.398. The number of carbonyl (C=O) groups is 2. The van der Waals surface area contributed by atoms with Crippen LogP contribution in [-0.4, -0.2) is 41.9 Å². The zero-order chi connectivity index (χ0) is 20.3. The van der Waals surface area contributed by atoms with Crippen LogP contribution in [-0.2, 0) is 14.3 Å². The maximum absolute atomic E-state index is 12.9. The van der Waals surface area contributed by atoms with E-state index in [2.05, 4.69) is 21.2 Å². The Balaban J connectivity index is 2.04. The van der Waals surface area contributed by atoms with E-state index in [9.17, 15) is 19.7 Å². The number of anilines is 1. The first-order valence-electron chi connectivity index (χ1n) is 8.29. The van der Waals surface area contributed by atoms with Gasteiger partial charge in [-0.1, -0.05) is 22.0 Å². The minimum atomic E-state index is -0.522. The average Bonchev–Trinajstić information content (AvgIpc) is 2.90. The molecule has 8 nitrogen and oxygen atoms in total. The molecule has 9 heteroatoms. The van der Waals surface area contributed by atoms with Gasteiger partial charge < -0.3 is 10.1 Å². The predicted molar refractivity (Wildman–Crippen MR) is 106 cm³/mol. The number of hydrogen-bond acceptors (Lipinski definition) is 6. The maximum atomic E-state index is 12.9. The van der Waals surface area contributed by atoms with Crippen LogP contribution in [0.5, 0.6) is 0 Å². The molecule has 0 radical (unpaired) electrons. The van der Waals surface area contributed by atoms with Crippen LogP contribution < -0.4 is 5.32 Å². The van der Waals surface area contributed by atoms with E-state index in [1.165, 1.54) is 31.4 Å². The summed E-state index contributed by atoms with van der Waals surface area (Å²) in [7, 11) is 1.48. The van der Waals surface area contributed by atoms with E-state index < -0.39 is 16.7 Å². The largest absolute Gasteiger partial charge is 0.383 e. The third-order valence-electron chi connectivity index (χ3n) is 4.15. The van der Waals surface area contributed by atoms with Gasteiger partial charge in [-0.2, -0.15) is 0 Å². The van der Waals surface area contributed by atoms with Crippen LogP contribution >= 0.6 is 15.9 Å². The number of nitro groups is 1. The van der Waals surface area contributed by atoms with E-state index in [0.717, 1.165) is 9.37 Å². The number of amides is 2. The fourth-order valence-corrected chi connectivity index (χ4v) is 3.21. The van der Waals surface area contributed by atoms with Gasteiger partial charge in [-0.3, -0.25) is 24.6 Å². The molecule has 1 aliphatic heterocycles. The molecular formula is C19H16BrN3O5. The lowest BCUT2D eigenvalue weighted by Gasteiger charge is -2.14. The van der Waals surface area contributed by atoms with Gasteiger partial charge in [-0.15, -0.1) is 0 Å². The smallest absolute Gasteiger partial charge is 0.278 e. The lowest BCUT2D eigenvalue weighted by molar-refractivity contribution is -0.384. The molecule has 0 saturated carbocycles. The molecule has 28 heavy (non-hydrogen) atoms. The number of imide groups is 1. The summed E-state index contributed by atoms with van der Waals surface area (Å²) in [5.74, 6) is -0.955. The summed E-state index contributed by atoms with van der Waals surface area (Å²) in [6, 6.07) is 12.7. The monoisotopic (exact) mass is 445 g/mol. The van der Waals surface area contributed by atoms with Crippen molar-refractivity contribution < 1.29 is 19.2 Å². The Morgan fingerprint density at radius 1 is 1.14 bits per heavy atom. The minimum Gasteiger partial charge on any atom is -0.383 e. The fraction of sp³-hybridized carbons (Fsp3) is 0.158. The summed E-state index contributed by atoms with van der Waals surface area (Å²) in [6.07, 6.45) is 0. The summed E-state index contributed by atoms with van der Waals surface area (Å²) in [4.78, 5) is 37.3. The van der Waals surface area contributed by atoms with Crippen LogP contribution in [0.2, 0.25) is 0 Å². The molecule has 0 aromatic heterocycles. The van der Waals surface area contributed by atoms with Crippen molar-refractivity contribution in [2.24, 2.45) is 0 Å². The van der Waals surface area contributed by atoms with Crippen molar-refractivity contribution >= 4 is 44.7 Å². The van der Waals surface area contributed by atoms with Crippen molar-refractivity contribution in [3.05, 3.63) is 74.4 Å². The molecule has 144 valence electrons. The van der Waals surface area contributed by atoms with E-state index in [-0.39, 0.29) is 30.1 Å². The maximum Gasteiger partial charge on any atom is 0.278 e. The first-order valence-corrected chi connectivity index (χ1v) is 9.08. The number of benzene rings is 2. The third-order valence-corrected chi connectivity index (χ3v) is 4.64. The molecule has 0 fully saturated rings. The summed E-state index contributed by atoms with van der Waals surface area (Å²) < 4.78 is 5.79. The zero-order valence-corrected chi connectivity index (χ0v) is 16.4. The number of hydrogen-bond donors (Lipinski definition) is 1. The molecule has 0 atom stereocenters. The van der Waals surface area contributed by atoms with Gasteiger partial charge in [0.25, 0.3) is 17.5 Å². The number of nitro benzene ring substituents is 1. The van der Waals surface area contributed by atoms with Gasteiger partial charge in [0.05, 0.1) is 23.6 Å². The highest BCUT2D eigenvalue weighted by Gasteiger charge is 2.39. The summed E-state index contributed by atoms with van der Waals surface area (Å²) in [5.41, 5.74) is 1.22. The number of ether oxygens (including phenoxy) is 1. The van der Waals surface area contributed by atoms with Gasteiger partial charge >= 0.3 is 0 Å². The van der Waals surface area contributed by atoms with Gasteiger partial charge in [-0.25, -0.2) is 0 Å². The number of methoxy groups -OCH3 is 1. The van der Waals surface area contributed by atoms with Crippen LogP contribution in [0.15, 0.2) is 58.7 Å². The number of nitrogens with zero attached hydrogens (tertiary/aromatic N) is 2. The molecule has 2 aromatic rings. The average molecular weight is 446 g/mol. The molecule has 1 aliphatic rings. The van der Waals surface area contributed by atoms with Gasteiger partial charge in [-0.05, 0) is 35.9 Å². The Kier molecular flexibility index (Phi) is 5.86. The molecule has 0 spiro atoms. The first kappa shape index (κ1) is 19.7. The Morgan fingerprint density at radius 3 is 2.46 bits per heavy atom. The van der Waals surface area contributed by atoms with Crippen molar-refractivity contribution in [1.82, 2.24) is 4.90 Å². The molecule has 1 heterocycles. The van der Waals surface area contributed by atoms with E-state index in [0.29, 0.717) is 11.3 Å². The lowest BCUT2D eigenvalue weighted by atomic mass is 10.0. The van der Waals surface area contributed by atoms with Crippen LogP contribution in [0.25, 0.3) is 5.57 Å². The Bertz CT molecular complexity index is 972. The van der Waals surface area contributed by atoms with Crippen molar-refractivity contribution in [1.29, 1.82) is 0 Å². The molecule has 1 N–H and O–H groups in total. The van der Waals surface area contributed by atoms with Gasteiger partial charge in [0.15, 0.2) is 0 Å². The number of carbonyl (C=O) groups excluding carboxylic acids is 2. The fourth-order valence-electron chi connectivity index (χ4n) is 2.81. The van der Waals surface area contributed by atoms with Crippen molar-refractivity contribution in [2.45, 2.75) is 0 Å². The van der Waals surface area contributed by atoms with Crippen LogP contribution in [0, 0.1) is 10.1 Å². The van der Waals surface area contributed by atoms with Gasteiger partial charge in [0, 0.05) is 29.4 Å². The normalized spacial score (nSPS) is 14.0. The molecule has 0 aliphatic carbocycles. The highest BCUT2D eigenvalue weighted by Crippen LogP contribution is 2.31. The number of non-ortho nitro benzene ring substituents is 1. The van der Waals surface area contributed by atoms with E-state index >= 15 is 0 Å². The van der Waals surface area contributed by atoms with E-state index in [1.807, 2.05) is 6.07 Å². The lowest BCUT2D eigenvalue weighted by Crippen LogP contribution is -2.35. The van der Waals surface area contributed by atoms with Crippen molar-refractivity contribution in [3.63, 3.8) is 0 Å².